The highest BCUT2D eigenvalue weighted by Crippen LogP contribution is 2.68. The van der Waals surface area contributed by atoms with Crippen molar-refractivity contribution in [3.63, 3.8) is 0 Å². The van der Waals surface area contributed by atoms with Crippen LogP contribution in [0.2, 0.25) is 0 Å². The number of hydrogen-bond donors (Lipinski definition) is 0. The van der Waals surface area contributed by atoms with Crippen LogP contribution in [0.15, 0.2) is 279 Å². The molecular formula is C72H46N2. The summed E-state index contributed by atoms with van der Waals surface area (Å²) < 4.78 is 0. The fraction of sp³-hybridized carbons (Fsp3) is 0.0278. The number of para-hydroxylation sites is 3. The molecule has 12 aromatic rings. The molecule has 0 aliphatic heterocycles. The van der Waals surface area contributed by atoms with Gasteiger partial charge < -0.3 is 9.80 Å². The van der Waals surface area contributed by atoms with Crippen LogP contribution in [-0.4, -0.2) is 0 Å². The van der Waals surface area contributed by atoms with E-state index < -0.39 is 10.8 Å². The first kappa shape index (κ1) is 41.2. The molecule has 1 unspecified atom stereocenters. The summed E-state index contributed by atoms with van der Waals surface area (Å²) in [7, 11) is 0. The molecule has 16 rings (SSSR count). The van der Waals surface area contributed by atoms with Crippen LogP contribution in [0.5, 0.6) is 0 Å². The van der Waals surface area contributed by atoms with Crippen molar-refractivity contribution < 1.29 is 0 Å². The summed E-state index contributed by atoms with van der Waals surface area (Å²) in [6.07, 6.45) is 0. The van der Waals surface area contributed by atoms with Crippen molar-refractivity contribution in [2.45, 2.75) is 10.8 Å². The van der Waals surface area contributed by atoms with Crippen LogP contribution in [0.4, 0.5) is 34.1 Å². The van der Waals surface area contributed by atoms with Crippen molar-refractivity contribution in [3.05, 3.63) is 324 Å². The first-order valence-corrected chi connectivity index (χ1v) is 25.8. The summed E-state index contributed by atoms with van der Waals surface area (Å²) in [6.45, 7) is 0. The van der Waals surface area contributed by atoms with Crippen LogP contribution in [0.1, 0.15) is 44.5 Å². The average Bonchev–Trinajstić information content (AvgIpc) is 4.16. The Balaban J connectivity index is 0.974. The Bertz CT molecular complexity index is 4190. The maximum Gasteiger partial charge on any atom is 0.0747 e. The predicted octanol–water partition coefficient (Wildman–Crippen LogP) is 18.5. The minimum absolute atomic E-state index is 0.417. The monoisotopic (exact) mass is 938 g/mol. The summed E-state index contributed by atoms with van der Waals surface area (Å²) in [4.78, 5) is 4.99. The van der Waals surface area contributed by atoms with E-state index in [1.165, 1.54) is 105 Å². The number of benzene rings is 12. The van der Waals surface area contributed by atoms with Crippen LogP contribution >= 0.6 is 0 Å². The fourth-order valence-electron chi connectivity index (χ4n) is 14.1. The van der Waals surface area contributed by atoms with Gasteiger partial charge in [0.25, 0.3) is 0 Å². The van der Waals surface area contributed by atoms with E-state index in [4.69, 9.17) is 0 Å². The van der Waals surface area contributed by atoms with Gasteiger partial charge in [0, 0.05) is 34.0 Å². The van der Waals surface area contributed by atoms with E-state index in [2.05, 4.69) is 289 Å². The van der Waals surface area contributed by atoms with Crippen LogP contribution in [0, 0.1) is 0 Å². The molecule has 0 amide bonds. The summed E-state index contributed by atoms with van der Waals surface area (Å²) in [6, 6.07) is 105. The maximum atomic E-state index is 2.54. The predicted molar refractivity (Wildman–Crippen MR) is 306 cm³/mol. The lowest BCUT2D eigenvalue weighted by atomic mass is 9.69. The molecule has 0 fully saturated rings. The SMILES string of the molecule is c1ccc(N(c2ccc3c(c2)-c2ccccc2C32c3ccccc3-c3ccccc32)c2ccc3c(c2)C2(c4ccccc4-3)c3ccccc3-c3c2c(N(c2ccccc2)c2ccccc2)cc2ccccc32)cc1. The standard InChI is InChI=1S/C72H46N2/c1-4-23-48(24-5-1)73(51-41-43-66-60(45-51)57-33-15-19-37-63(57)71(66)61-35-17-12-30-54(61)55-31-13-18-36-62(55)71)52-40-42-58-56-32-14-20-38-64(56)72(67(58)46-52)65-39-21-16-34-59(65)69-53-29-11-10-22-47(53)44-68(70(69)72)74(49-25-6-2-7-26-49)50-27-8-3-9-28-50/h1-46H. The first-order valence-electron chi connectivity index (χ1n) is 25.8. The van der Waals surface area contributed by atoms with Gasteiger partial charge in [-0.2, -0.15) is 0 Å². The molecule has 0 saturated carbocycles. The quantitative estimate of drug-likeness (QED) is 0.164. The third kappa shape index (κ3) is 5.33. The maximum absolute atomic E-state index is 2.54. The summed E-state index contributed by atoms with van der Waals surface area (Å²) >= 11 is 0. The molecule has 0 saturated heterocycles. The number of rotatable bonds is 6. The van der Waals surface area contributed by atoms with E-state index in [0.29, 0.717) is 0 Å². The second-order valence-corrected chi connectivity index (χ2v) is 20.2. The molecule has 0 radical (unpaired) electrons. The Hall–Kier alpha value is -9.50. The van der Waals surface area contributed by atoms with Crippen LogP contribution in [0.3, 0.4) is 0 Å². The van der Waals surface area contributed by atoms with Crippen molar-refractivity contribution in [1.29, 1.82) is 0 Å². The molecule has 2 spiro atoms. The van der Waals surface area contributed by atoms with E-state index in [1.807, 2.05) is 0 Å². The van der Waals surface area contributed by atoms with E-state index in [9.17, 15) is 0 Å². The lowest BCUT2D eigenvalue weighted by Crippen LogP contribution is -2.28. The van der Waals surface area contributed by atoms with Gasteiger partial charge in [0.15, 0.2) is 0 Å². The summed E-state index contributed by atoms with van der Waals surface area (Å²) in [5, 5.41) is 2.47. The van der Waals surface area contributed by atoms with E-state index in [1.54, 1.807) is 0 Å². The van der Waals surface area contributed by atoms with E-state index in [-0.39, 0.29) is 0 Å². The van der Waals surface area contributed by atoms with Gasteiger partial charge in [-0.25, -0.2) is 0 Å². The molecule has 0 aromatic heterocycles. The lowest BCUT2D eigenvalue weighted by molar-refractivity contribution is 0.793. The molecule has 4 aliphatic carbocycles. The van der Waals surface area contributed by atoms with Crippen LogP contribution in [0.25, 0.3) is 55.3 Å². The Morgan fingerprint density at radius 1 is 0.230 bits per heavy atom. The fourth-order valence-corrected chi connectivity index (χ4v) is 14.1. The number of nitrogens with zero attached hydrogens (tertiary/aromatic N) is 2. The molecule has 0 bridgehead atoms. The highest BCUT2D eigenvalue weighted by Gasteiger charge is 2.55. The van der Waals surface area contributed by atoms with Crippen LogP contribution < -0.4 is 9.80 Å². The van der Waals surface area contributed by atoms with Crippen molar-refractivity contribution in [1.82, 2.24) is 0 Å². The minimum atomic E-state index is -0.677. The van der Waals surface area contributed by atoms with Crippen molar-refractivity contribution in [2.24, 2.45) is 0 Å². The zero-order valence-electron chi connectivity index (χ0n) is 40.5. The second-order valence-electron chi connectivity index (χ2n) is 20.2. The Morgan fingerprint density at radius 2 is 0.622 bits per heavy atom. The van der Waals surface area contributed by atoms with Gasteiger partial charge in [-0.3, -0.25) is 0 Å². The molecule has 2 nitrogen and oxygen atoms in total. The highest BCUT2D eigenvalue weighted by atomic mass is 15.2. The molecule has 2 heteroatoms. The largest absolute Gasteiger partial charge is 0.310 e. The summed E-state index contributed by atoms with van der Waals surface area (Å²) in [5.74, 6) is 0. The zero-order valence-corrected chi connectivity index (χ0v) is 40.5. The zero-order chi connectivity index (χ0) is 48.5. The third-order valence-corrected chi connectivity index (χ3v) is 16.8. The molecule has 1 atom stereocenters. The topological polar surface area (TPSA) is 6.48 Å². The average molecular weight is 939 g/mol. The van der Waals surface area contributed by atoms with Gasteiger partial charge in [0.05, 0.1) is 16.5 Å². The molecule has 0 N–H and O–H groups in total. The van der Waals surface area contributed by atoms with E-state index >= 15 is 0 Å². The molecule has 344 valence electrons. The van der Waals surface area contributed by atoms with Crippen LogP contribution in [-0.2, 0) is 10.8 Å². The first-order chi connectivity index (χ1) is 36.7. The van der Waals surface area contributed by atoms with Gasteiger partial charge in [-0.05, 0) is 161 Å². The number of anilines is 6. The van der Waals surface area contributed by atoms with Crippen molar-refractivity contribution in [2.75, 3.05) is 9.80 Å². The van der Waals surface area contributed by atoms with Crippen molar-refractivity contribution >= 4 is 44.9 Å². The normalized spacial score (nSPS) is 15.2. The number of hydrogen-bond acceptors (Lipinski definition) is 2. The van der Waals surface area contributed by atoms with Gasteiger partial charge in [0.1, 0.15) is 0 Å². The number of fused-ring (bicyclic) bond motifs is 22. The molecule has 0 heterocycles. The molecule has 74 heavy (non-hydrogen) atoms. The second kappa shape index (κ2) is 15.5. The van der Waals surface area contributed by atoms with E-state index in [0.717, 1.165) is 28.4 Å². The Labute approximate surface area is 431 Å². The van der Waals surface area contributed by atoms with Gasteiger partial charge in [0.2, 0.25) is 0 Å². The third-order valence-electron chi connectivity index (χ3n) is 16.8. The molecule has 4 aliphatic rings. The lowest BCUT2D eigenvalue weighted by Gasteiger charge is -2.36. The van der Waals surface area contributed by atoms with Crippen molar-refractivity contribution in [3.8, 4) is 44.5 Å². The smallest absolute Gasteiger partial charge is 0.0747 e. The van der Waals surface area contributed by atoms with Gasteiger partial charge >= 0.3 is 0 Å². The molecule has 12 aromatic carbocycles. The van der Waals surface area contributed by atoms with Gasteiger partial charge in [-0.15, -0.1) is 0 Å². The Kier molecular flexibility index (Phi) is 8.62. The minimum Gasteiger partial charge on any atom is -0.310 e. The summed E-state index contributed by atoms with van der Waals surface area (Å²) in [5.41, 5.74) is 26.5. The van der Waals surface area contributed by atoms with Gasteiger partial charge in [-0.1, -0.05) is 212 Å². The molecular weight excluding hydrogens is 893 g/mol. The highest BCUT2D eigenvalue weighted by molar-refractivity contribution is 6.11. The Morgan fingerprint density at radius 3 is 1.19 bits per heavy atom.